The maximum atomic E-state index is 9.83. The fourth-order valence-corrected chi connectivity index (χ4v) is 3.79. The number of aliphatic hydroxyl groups excluding tert-OH is 1. The van der Waals surface area contributed by atoms with Gasteiger partial charge in [0, 0.05) is 19.6 Å². The van der Waals surface area contributed by atoms with E-state index in [0.29, 0.717) is 5.41 Å². The predicted molar refractivity (Wildman–Crippen MR) is 80.3 cm³/mol. The van der Waals surface area contributed by atoms with Gasteiger partial charge in [0.1, 0.15) is 0 Å². The lowest BCUT2D eigenvalue weighted by atomic mass is 9.84. The van der Waals surface area contributed by atoms with Gasteiger partial charge in [0.05, 0.1) is 6.10 Å². The average Bonchev–Trinajstić information content (AvgIpc) is 2.77. The molecule has 2 N–H and O–H groups in total. The van der Waals surface area contributed by atoms with Gasteiger partial charge >= 0.3 is 0 Å². The number of aliphatic hydroxyl groups is 1. The van der Waals surface area contributed by atoms with Crippen molar-refractivity contribution in [3.8, 4) is 0 Å². The van der Waals surface area contributed by atoms with Crippen LogP contribution in [0, 0.1) is 11.3 Å². The molecule has 0 spiro atoms. The number of β-amino-alcohol motifs (C(OH)–C–C–N with tert-alkyl or cyclic N) is 1. The first-order chi connectivity index (χ1) is 9.10. The Morgan fingerprint density at radius 2 is 2.00 bits per heavy atom. The second kappa shape index (κ2) is 7.05. The summed E-state index contributed by atoms with van der Waals surface area (Å²) in [4.78, 5) is 2.51. The molecule has 1 atom stereocenters. The van der Waals surface area contributed by atoms with Crippen molar-refractivity contribution in [1.82, 2.24) is 10.2 Å². The van der Waals surface area contributed by atoms with E-state index < -0.39 is 0 Å². The lowest BCUT2D eigenvalue weighted by molar-refractivity contribution is 0.0437. The molecule has 1 saturated carbocycles. The standard InChI is InChI=1S/C16H32N2O/c1-14(2)10-17-12-16(7-3-4-8-16)13-18-9-5-6-15(19)11-18/h14-15,17,19H,3-13H2,1-2H3. The summed E-state index contributed by atoms with van der Waals surface area (Å²) in [5, 5.41) is 13.5. The first-order valence-corrected chi connectivity index (χ1v) is 8.21. The largest absolute Gasteiger partial charge is 0.392 e. The summed E-state index contributed by atoms with van der Waals surface area (Å²) in [6.45, 7) is 10.1. The van der Waals surface area contributed by atoms with Crippen molar-refractivity contribution in [2.75, 3.05) is 32.7 Å². The molecule has 3 nitrogen and oxygen atoms in total. The van der Waals surface area contributed by atoms with Gasteiger partial charge in [-0.2, -0.15) is 0 Å². The monoisotopic (exact) mass is 268 g/mol. The highest BCUT2D eigenvalue weighted by atomic mass is 16.3. The summed E-state index contributed by atoms with van der Waals surface area (Å²) < 4.78 is 0. The van der Waals surface area contributed by atoms with Gasteiger partial charge in [0.15, 0.2) is 0 Å². The normalized spacial score (nSPS) is 28.1. The lowest BCUT2D eigenvalue weighted by Gasteiger charge is -2.39. The second-order valence-corrected chi connectivity index (χ2v) is 7.26. The van der Waals surface area contributed by atoms with Gasteiger partial charge in [-0.25, -0.2) is 0 Å². The molecular formula is C16H32N2O. The van der Waals surface area contributed by atoms with E-state index in [1.165, 1.54) is 38.8 Å². The summed E-state index contributed by atoms with van der Waals surface area (Å²) in [5.74, 6) is 0.732. The molecule has 0 aromatic heterocycles. The summed E-state index contributed by atoms with van der Waals surface area (Å²) in [6, 6.07) is 0. The highest BCUT2D eigenvalue weighted by molar-refractivity contribution is 4.90. The van der Waals surface area contributed by atoms with E-state index in [2.05, 4.69) is 24.1 Å². The zero-order valence-corrected chi connectivity index (χ0v) is 12.8. The van der Waals surface area contributed by atoms with E-state index in [-0.39, 0.29) is 6.10 Å². The smallest absolute Gasteiger partial charge is 0.0667 e. The van der Waals surface area contributed by atoms with Crippen LogP contribution < -0.4 is 5.32 Å². The molecule has 2 rings (SSSR count). The molecule has 0 amide bonds. The van der Waals surface area contributed by atoms with E-state index in [4.69, 9.17) is 0 Å². The van der Waals surface area contributed by atoms with Crippen molar-refractivity contribution in [2.45, 2.75) is 58.5 Å². The first-order valence-electron chi connectivity index (χ1n) is 8.21. The molecular weight excluding hydrogens is 236 g/mol. The van der Waals surface area contributed by atoms with Crippen molar-refractivity contribution in [3.05, 3.63) is 0 Å². The second-order valence-electron chi connectivity index (χ2n) is 7.26. The topological polar surface area (TPSA) is 35.5 Å². The van der Waals surface area contributed by atoms with Crippen LogP contribution in [0.2, 0.25) is 0 Å². The van der Waals surface area contributed by atoms with Gasteiger partial charge in [-0.1, -0.05) is 26.7 Å². The average molecular weight is 268 g/mol. The Bertz CT molecular complexity index is 261. The Morgan fingerprint density at radius 3 is 2.63 bits per heavy atom. The lowest BCUT2D eigenvalue weighted by Crippen LogP contribution is -2.47. The van der Waals surface area contributed by atoms with Crippen molar-refractivity contribution in [3.63, 3.8) is 0 Å². The van der Waals surface area contributed by atoms with E-state index in [9.17, 15) is 5.11 Å². The molecule has 2 aliphatic rings. The predicted octanol–water partition coefficient (Wildman–Crippen LogP) is 2.25. The van der Waals surface area contributed by atoms with Crippen LogP contribution in [0.5, 0.6) is 0 Å². The van der Waals surface area contributed by atoms with Crippen LogP contribution in [-0.4, -0.2) is 48.8 Å². The molecule has 1 aliphatic heterocycles. The van der Waals surface area contributed by atoms with Crippen molar-refractivity contribution in [2.24, 2.45) is 11.3 Å². The maximum absolute atomic E-state index is 9.83. The van der Waals surface area contributed by atoms with Crippen LogP contribution in [-0.2, 0) is 0 Å². The fraction of sp³-hybridized carbons (Fsp3) is 1.00. The molecule has 1 aliphatic carbocycles. The number of hydrogen-bond donors (Lipinski definition) is 2. The summed E-state index contributed by atoms with van der Waals surface area (Å²) in [6.07, 6.45) is 7.58. The zero-order valence-electron chi connectivity index (χ0n) is 12.8. The summed E-state index contributed by atoms with van der Waals surface area (Å²) in [5.41, 5.74) is 0.478. The Hall–Kier alpha value is -0.120. The van der Waals surface area contributed by atoms with Gasteiger partial charge < -0.3 is 15.3 Å². The Kier molecular flexibility index (Phi) is 5.67. The number of hydrogen-bond acceptors (Lipinski definition) is 3. The van der Waals surface area contributed by atoms with E-state index >= 15 is 0 Å². The van der Waals surface area contributed by atoms with Gasteiger partial charge in [-0.05, 0) is 50.1 Å². The van der Waals surface area contributed by atoms with Crippen molar-refractivity contribution < 1.29 is 5.11 Å². The quantitative estimate of drug-likeness (QED) is 0.775. The number of nitrogens with zero attached hydrogens (tertiary/aromatic N) is 1. The molecule has 112 valence electrons. The zero-order chi connectivity index (χ0) is 13.7. The van der Waals surface area contributed by atoms with E-state index in [0.717, 1.165) is 38.4 Å². The SMILES string of the molecule is CC(C)CNCC1(CN2CCCC(O)C2)CCCC1. The van der Waals surface area contributed by atoms with Gasteiger partial charge in [-0.3, -0.25) is 0 Å². The Balaban J connectivity index is 1.84. The molecule has 0 bridgehead atoms. The summed E-state index contributed by atoms with van der Waals surface area (Å²) >= 11 is 0. The Morgan fingerprint density at radius 1 is 1.26 bits per heavy atom. The number of likely N-dealkylation sites (tertiary alicyclic amines) is 1. The van der Waals surface area contributed by atoms with Crippen LogP contribution in [0.25, 0.3) is 0 Å². The van der Waals surface area contributed by atoms with Crippen molar-refractivity contribution in [1.29, 1.82) is 0 Å². The molecule has 19 heavy (non-hydrogen) atoms. The third kappa shape index (κ3) is 4.73. The summed E-state index contributed by atoms with van der Waals surface area (Å²) in [7, 11) is 0. The van der Waals surface area contributed by atoms with Crippen LogP contribution >= 0.6 is 0 Å². The fourth-order valence-electron chi connectivity index (χ4n) is 3.79. The molecule has 1 unspecified atom stereocenters. The molecule has 1 saturated heterocycles. The first kappa shape index (κ1) is 15.3. The van der Waals surface area contributed by atoms with Crippen LogP contribution in [0.3, 0.4) is 0 Å². The minimum absolute atomic E-state index is 0.0872. The van der Waals surface area contributed by atoms with Gasteiger partial charge in [-0.15, -0.1) is 0 Å². The molecule has 0 aromatic carbocycles. The maximum Gasteiger partial charge on any atom is 0.0667 e. The van der Waals surface area contributed by atoms with Gasteiger partial charge in [0.2, 0.25) is 0 Å². The third-order valence-electron chi connectivity index (χ3n) is 4.76. The van der Waals surface area contributed by atoms with E-state index in [1.807, 2.05) is 0 Å². The number of rotatable bonds is 6. The highest BCUT2D eigenvalue weighted by Gasteiger charge is 2.36. The van der Waals surface area contributed by atoms with Crippen LogP contribution in [0.15, 0.2) is 0 Å². The van der Waals surface area contributed by atoms with Crippen molar-refractivity contribution >= 4 is 0 Å². The molecule has 1 heterocycles. The number of nitrogens with one attached hydrogen (secondary N) is 1. The third-order valence-corrected chi connectivity index (χ3v) is 4.76. The minimum Gasteiger partial charge on any atom is -0.392 e. The van der Waals surface area contributed by atoms with E-state index in [1.54, 1.807) is 0 Å². The molecule has 3 heteroatoms. The Labute approximate surface area is 118 Å². The van der Waals surface area contributed by atoms with Gasteiger partial charge in [0.25, 0.3) is 0 Å². The van der Waals surface area contributed by atoms with Crippen LogP contribution in [0.1, 0.15) is 52.4 Å². The van der Waals surface area contributed by atoms with Crippen LogP contribution in [0.4, 0.5) is 0 Å². The molecule has 0 radical (unpaired) electrons. The highest BCUT2D eigenvalue weighted by Crippen LogP contribution is 2.38. The number of piperidine rings is 1. The molecule has 0 aromatic rings. The minimum atomic E-state index is -0.0872. The molecule has 2 fully saturated rings.